The van der Waals surface area contributed by atoms with E-state index in [1.807, 2.05) is 61.0 Å². The van der Waals surface area contributed by atoms with Crippen LogP contribution in [0.15, 0.2) is 48.7 Å². The fourth-order valence-electron chi connectivity index (χ4n) is 2.90. The highest BCUT2D eigenvalue weighted by Crippen LogP contribution is 2.17. The molecule has 0 radical (unpaired) electrons. The number of amides is 2. The topological polar surface area (TPSA) is 81.1 Å². The number of methoxy groups -OCH3 is 1. The molecule has 0 bridgehead atoms. The van der Waals surface area contributed by atoms with Crippen LogP contribution in [0.4, 0.5) is 4.79 Å². The predicted molar refractivity (Wildman–Crippen MR) is 103 cm³/mol. The van der Waals surface area contributed by atoms with Crippen molar-refractivity contribution in [2.24, 2.45) is 0 Å². The second-order valence-electron chi connectivity index (χ2n) is 6.10. The number of benzene rings is 1. The van der Waals surface area contributed by atoms with Crippen LogP contribution in [0.25, 0.3) is 5.69 Å². The zero-order valence-corrected chi connectivity index (χ0v) is 15.7. The molecule has 2 N–H and O–H groups in total. The van der Waals surface area contributed by atoms with Crippen molar-refractivity contribution in [3.8, 4) is 11.6 Å². The molecular formula is C20H23N5O2. The summed E-state index contributed by atoms with van der Waals surface area (Å²) in [5, 5.41) is 10.3. The second kappa shape index (κ2) is 8.35. The molecule has 0 atom stereocenters. The van der Waals surface area contributed by atoms with Crippen LogP contribution in [-0.2, 0) is 13.1 Å². The van der Waals surface area contributed by atoms with Gasteiger partial charge >= 0.3 is 6.03 Å². The number of aromatic nitrogens is 3. The molecule has 0 aliphatic rings. The fourth-order valence-corrected chi connectivity index (χ4v) is 2.90. The minimum Gasteiger partial charge on any atom is -0.481 e. The van der Waals surface area contributed by atoms with E-state index in [0.29, 0.717) is 19.0 Å². The zero-order valence-electron chi connectivity index (χ0n) is 15.7. The zero-order chi connectivity index (χ0) is 19.2. The van der Waals surface area contributed by atoms with E-state index in [0.717, 1.165) is 28.2 Å². The molecule has 2 aromatic heterocycles. The monoisotopic (exact) mass is 365 g/mol. The number of nitrogens with one attached hydrogen (secondary N) is 2. The van der Waals surface area contributed by atoms with Gasteiger partial charge in [-0.05, 0) is 32.0 Å². The highest BCUT2D eigenvalue weighted by Gasteiger charge is 2.13. The maximum Gasteiger partial charge on any atom is 0.315 e. The van der Waals surface area contributed by atoms with Gasteiger partial charge in [0.15, 0.2) is 0 Å². The molecule has 27 heavy (non-hydrogen) atoms. The number of hydrogen-bond donors (Lipinski definition) is 2. The van der Waals surface area contributed by atoms with E-state index in [9.17, 15) is 4.79 Å². The highest BCUT2D eigenvalue weighted by atomic mass is 16.5. The van der Waals surface area contributed by atoms with Crippen LogP contribution < -0.4 is 15.4 Å². The number of rotatable bonds is 6. The van der Waals surface area contributed by atoms with E-state index in [1.54, 1.807) is 13.3 Å². The minimum absolute atomic E-state index is 0.257. The summed E-state index contributed by atoms with van der Waals surface area (Å²) >= 11 is 0. The standard InChI is InChI=1S/C20H23N5O2/c1-14-18(15(2)25(24-14)17-9-5-4-6-10-17)13-23-20(26)22-12-16-8-7-11-21-19(16)27-3/h4-11H,12-13H2,1-3H3,(H2,22,23,26). The van der Waals surface area contributed by atoms with Crippen molar-refractivity contribution in [3.63, 3.8) is 0 Å². The van der Waals surface area contributed by atoms with Gasteiger partial charge in [-0.3, -0.25) is 0 Å². The van der Waals surface area contributed by atoms with Gasteiger partial charge in [0, 0.05) is 36.1 Å². The summed E-state index contributed by atoms with van der Waals surface area (Å²) in [6.07, 6.45) is 1.65. The smallest absolute Gasteiger partial charge is 0.315 e. The van der Waals surface area contributed by atoms with Crippen LogP contribution in [0.5, 0.6) is 5.88 Å². The third-order valence-electron chi connectivity index (χ3n) is 4.35. The molecule has 0 fully saturated rings. The molecule has 0 aliphatic heterocycles. The minimum atomic E-state index is -0.257. The van der Waals surface area contributed by atoms with Crippen molar-refractivity contribution in [2.45, 2.75) is 26.9 Å². The third-order valence-corrected chi connectivity index (χ3v) is 4.35. The largest absolute Gasteiger partial charge is 0.481 e. The normalized spacial score (nSPS) is 10.5. The summed E-state index contributed by atoms with van der Waals surface area (Å²) in [7, 11) is 1.56. The van der Waals surface area contributed by atoms with Crippen LogP contribution >= 0.6 is 0 Å². The highest BCUT2D eigenvalue weighted by molar-refractivity contribution is 5.74. The summed E-state index contributed by atoms with van der Waals surface area (Å²) in [5.74, 6) is 0.508. The molecule has 0 spiro atoms. The van der Waals surface area contributed by atoms with E-state index >= 15 is 0 Å². The first-order valence-corrected chi connectivity index (χ1v) is 8.70. The summed E-state index contributed by atoms with van der Waals surface area (Å²) in [4.78, 5) is 16.3. The lowest BCUT2D eigenvalue weighted by molar-refractivity contribution is 0.240. The molecule has 2 heterocycles. The molecule has 1 aromatic carbocycles. The molecule has 0 aliphatic carbocycles. The maximum atomic E-state index is 12.2. The number of hydrogen-bond acceptors (Lipinski definition) is 4. The van der Waals surface area contributed by atoms with Gasteiger partial charge < -0.3 is 15.4 Å². The first-order chi connectivity index (χ1) is 13.1. The van der Waals surface area contributed by atoms with Gasteiger partial charge in [0.05, 0.1) is 18.5 Å². The van der Waals surface area contributed by atoms with Crippen LogP contribution in [0.1, 0.15) is 22.5 Å². The van der Waals surface area contributed by atoms with Gasteiger partial charge in [0.2, 0.25) is 5.88 Å². The predicted octanol–water partition coefficient (Wildman–Crippen LogP) is 2.89. The summed E-state index contributed by atoms with van der Waals surface area (Å²) < 4.78 is 7.08. The number of pyridine rings is 1. The van der Waals surface area contributed by atoms with E-state index in [2.05, 4.69) is 20.7 Å². The van der Waals surface area contributed by atoms with E-state index in [-0.39, 0.29) is 6.03 Å². The summed E-state index contributed by atoms with van der Waals surface area (Å²) in [6, 6.07) is 13.3. The molecule has 3 rings (SSSR count). The maximum absolute atomic E-state index is 12.2. The average Bonchev–Trinajstić information content (AvgIpc) is 2.99. The van der Waals surface area contributed by atoms with E-state index in [1.165, 1.54) is 0 Å². The molecule has 7 nitrogen and oxygen atoms in total. The average molecular weight is 365 g/mol. The number of ether oxygens (including phenoxy) is 1. The Morgan fingerprint density at radius 3 is 2.56 bits per heavy atom. The number of aryl methyl sites for hydroxylation is 1. The van der Waals surface area contributed by atoms with Gasteiger partial charge in [-0.2, -0.15) is 5.10 Å². The first-order valence-electron chi connectivity index (χ1n) is 8.70. The van der Waals surface area contributed by atoms with Crippen LogP contribution in [-0.4, -0.2) is 27.9 Å². The molecule has 140 valence electrons. The van der Waals surface area contributed by atoms with Gasteiger partial charge in [0.25, 0.3) is 0 Å². The van der Waals surface area contributed by atoms with Crippen molar-refractivity contribution < 1.29 is 9.53 Å². The van der Waals surface area contributed by atoms with Crippen LogP contribution in [0.3, 0.4) is 0 Å². The Morgan fingerprint density at radius 1 is 1.07 bits per heavy atom. The van der Waals surface area contributed by atoms with Crippen molar-refractivity contribution in [2.75, 3.05) is 7.11 Å². The number of nitrogens with zero attached hydrogens (tertiary/aromatic N) is 3. The van der Waals surface area contributed by atoms with Crippen molar-refractivity contribution >= 4 is 6.03 Å². The van der Waals surface area contributed by atoms with Crippen molar-refractivity contribution in [1.82, 2.24) is 25.4 Å². The Morgan fingerprint density at radius 2 is 1.81 bits per heavy atom. The Hall–Kier alpha value is -3.35. The molecule has 0 saturated heterocycles. The Kier molecular flexibility index (Phi) is 5.71. The molecular weight excluding hydrogens is 342 g/mol. The number of carbonyl (C=O) groups excluding carboxylic acids is 1. The van der Waals surface area contributed by atoms with E-state index < -0.39 is 0 Å². The quantitative estimate of drug-likeness (QED) is 0.704. The van der Waals surface area contributed by atoms with Crippen molar-refractivity contribution in [3.05, 3.63) is 71.2 Å². The molecule has 7 heteroatoms. The number of para-hydroxylation sites is 1. The van der Waals surface area contributed by atoms with Crippen LogP contribution in [0.2, 0.25) is 0 Å². The lowest BCUT2D eigenvalue weighted by Crippen LogP contribution is -2.34. The summed E-state index contributed by atoms with van der Waals surface area (Å²) in [6.45, 7) is 4.69. The number of urea groups is 1. The second-order valence-corrected chi connectivity index (χ2v) is 6.10. The van der Waals surface area contributed by atoms with Gasteiger partial charge in [-0.1, -0.05) is 24.3 Å². The lowest BCUT2D eigenvalue weighted by Gasteiger charge is -2.10. The SMILES string of the molecule is COc1ncccc1CNC(=O)NCc1c(C)nn(-c2ccccc2)c1C. The Balaban J connectivity index is 1.62. The molecule has 0 unspecified atom stereocenters. The van der Waals surface area contributed by atoms with Crippen molar-refractivity contribution in [1.29, 1.82) is 0 Å². The third kappa shape index (κ3) is 4.25. The number of carbonyl (C=O) groups is 1. The lowest BCUT2D eigenvalue weighted by atomic mass is 10.2. The van der Waals surface area contributed by atoms with Gasteiger partial charge in [-0.25, -0.2) is 14.5 Å². The fraction of sp³-hybridized carbons (Fsp3) is 0.250. The van der Waals surface area contributed by atoms with Crippen LogP contribution in [0, 0.1) is 13.8 Å². The van der Waals surface area contributed by atoms with E-state index in [4.69, 9.17) is 4.74 Å². The Labute approximate surface area is 158 Å². The molecule has 2 amide bonds. The molecule has 0 saturated carbocycles. The first kappa shape index (κ1) is 18.4. The molecule has 3 aromatic rings. The van der Waals surface area contributed by atoms with Gasteiger partial charge in [0.1, 0.15) is 0 Å². The summed E-state index contributed by atoms with van der Waals surface area (Å²) in [5.41, 5.74) is 4.73. The Bertz CT molecular complexity index is 921. The van der Waals surface area contributed by atoms with Gasteiger partial charge in [-0.15, -0.1) is 0 Å².